The Morgan fingerprint density at radius 1 is 1.38 bits per heavy atom. The first-order valence-corrected chi connectivity index (χ1v) is 8.07. The molecule has 0 radical (unpaired) electrons. The Morgan fingerprint density at radius 3 is 2.69 bits per heavy atom. The molecule has 0 aliphatic carbocycles. The number of nitrogens with zero attached hydrogens (tertiary/aromatic N) is 2. The monoisotopic (exact) mass is 362 g/mol. The topological polar surface area (TPSA) is 127 Å². The number of ether oxygens (including phenoxy) is 1. The molecule has 26 heavy (non-hydrogen) atoms. The summed E-state index contributed by atoms with van der Waals surface area (Å²) in [5.74, 6) is 0. The molecule has 1 amide bonds. The molecule has 0 unspecified atom stereocenters. The van der Waals surface area contributed by atoms with E-state index in [4.69, 9.17) is 4.74 Å². The van der Waals surface area contributed by atoms with Crippen molar-refractivity contribution in [1.82, 2.24) is 10.3 Å². The number of nitro groups is 1. The van der Waals surface area contributed by atoms with E-state index < -0.39 is 22.7 Å². The van der Waals surface area contributed by atoms with E-state index in [0.29, 0.717) is 10.9 Å². The van der Waals surface area contributed by atoms with E-state index in [-0.39, 0.29) is 24.5 Å². The molecule has 1 aromatic heterocycles. The molecule has 1 heterocycles. The molecule has 2 rings (SSSR count). The Labute approximate surface area is 150 Å². The fourth-order valence-corrected chi connectivity index (χ4v) is 2.31. The van der Waals surface area contributed by atoms with Gasteiger partial charge in [-0.25, -0.2) is 9.78 Å². The number of carbonyl (C=O) groups is 1. The predicted octanol–water partition coefficient (Wildman–Crippen LogP) is 2.44. The normalized spacial score (nSPS) is 12.5. The number of hydrogen-bond donors (Lipinski definition) is 3. The summed E-state index contributed by atoms with van der Waals surface area (Å²) < 4.78 is 5.14. The van der Waals surface area contributed by atoms with Gasteiger partial charge in [0.1, 0.15) is 17.5 Å². The summed E-state index contributed by atoms with van der Waals surface area (Å²) in [6.07, 6.45) is 0.535. The summed E-state index contributed by atoms with van der Waals surface area (Å²) in [6.45, 7) is 4.89. The molecule has 2 aromatic rings. The van der Waals surface area contributed by atoms with Crippen molar-refractivity contribution in [2.45, 2.75) is 32.4 Å². The molecule has 0 fully saturated rings. The number of aromatic nitrogens is 1. The second kappa shape index (κ2) is 7.96. The number of pyridine rings is 1. The average Bonchev–Trinajstić information content (AvgIpc) is 2.56. The molecule has 0 aliphatic heterocycles. The number of benzene rings is 1. The molecule has 0 spiro atoms. The van der Waals surface area contributed by atoms with Crippen molar-refractivity contribution in [1.29, 1.82) is 0 Å². The number of carbonyl (C=O) groups excluding carboxylic acids is 1. The Bertz CT molecular complexity index is 803. The van der Waals surface area contributed by atoms with Crippen LogP contribution in [0.25, 0.3) is 10.9 Å². The lowest BCUT2D eigenvalue weighted by molar-refractivity contribution is -0.384. The third-order valence-electron chi connectivity index (χ3n) is 3.41. The van der Waals surface area contributed by atoms with Crippen LogP contribution in [0.3, 0.4) is 0 Å². The van der Waals surface area contributed by atoms with Crippen LogP contribution >= 0.6 is 0 Å². The molecule has 9 nitrogen and oxygen atoms in total. The van der Waals surface area contributed by atoms with Crippen LogP contribution in [-0.4, -0.2) is 45.9 Å². The number of amides is 1. The van der Waals surface area contributed by atoms with Crippen LogP contribution < -0.4 is 10.6 Å². The Hall–Kier alpha value is -2.94. The highest BCUT2D eigenvalue weighted by molar-refractivity contribution is 5.95. The van der Waals surface area contributed by atoms with Gasteiger partial charge in [-0.2, -0.15) is 0 Å². The lowest BCUT2D eigenvalue weighted by Crippen LogP contribution is -2.41. The first-order chi connectivity index (χ1) is 12.2. The number of aliphatic hydroxyl groups excluding tert-OH is 1. The number of rotatable bonds is 6. The maximum absolute atomic E-state index is 11.8. The van der Waals surface area contributed by atoms with E-state index in [1.807, 2.05) is 0 Å². The highest BCUT2D eigenvalue weighted by Crippen LogP contribution is 2.31. The maximum atomic E-state index is 11.8. The van der Waals surface area contributed by atoms with Crippen molar-refractivity contribution in [3.63, 3.8) is 0 Å². The van der Waals surface area contributed by atoms with Gasteiger partial charge in [0.25, 0.3) is 0 Å². The van der Waals surface area contributed by atoms with Gasteiger partial charge in [-0.05, 0) is 26.8 Å². The molecule has 1 atom stereocenters. The van der Waals surface area contributed by atoms with Crippen LogP contribution in [-0.2, 0) is 4.74 Å². The maximum Gasteiger partial charge on any atom is 0.407 e. The molecule has 0 saturated carbocycles. The molecule has 0 aliphatic rings. The highest BCUT2D eigenvalue weighted by atomic mass is 16.6. The quantitative estimate of drug-likeness (QED) is 0.532. The number of aliphatic hydroxyl groups is 1. The van der Waals surface area contributed by atoms with Gasteiger partial charge >= 0.3 is 11.8 Å². The number of alkyl carbamates (subject to hydrolysis) is 1. The van der Waals surface area contributed by atoms with Gasteiger partial charge in [0.05, 0.1) is 23.1 Å². The summed E-state index contributed by atoms with van der Waals surface area (Å²) in [7, 11) is 0. The second-order valence-electron chi connectivity index (χ2n) is 6.70. The van der Waals surface area contributed by atoms with Crippen LogP contribution in [0.2, 0.25) is 0 Å². The fraction of sp³-hybridized carbons (Fsp3) is 0.412. The molecule has 1 aromatic carbocycles. The zero-order valence-electron chi connectivity index (χ0n) is 14.9. The zero-order valence-corrected chi connectivity index (χ0v) is 14.9. The van der Waals surface area contributed by atoms with E-state index in [9.17, 15) is 20.0 Å². The summed E-state index contributed by atoms with van der Waals surface area (Å²) in [5, 5.41) is 27.0. The standard InChI is InChI=1S/C17H22N4O5/c1-17(2,3)26-16(23)19-8-11(10-22)20-15-12-6-4-5-7-13(12)18-9-14(15)21(24)25/h4-7,9,11,22H,8,10H2,1-3H3,(H,18,20)(H,19,23)/t11-/m0/s1. The van der Waals surface area contributed by atoms with Gasteiger partial charge in [0.2, 0.25) is 0 Å². The lowest BCUT2D eigenvalue weighted by atomic mass is 10.1. The third-order valence-corrected chi connectivity index (χ3v) is 3.41. The summed E-state index contributed by atoms with van der Waals surface area (Å²) in [6, 6.07) is 6.31. The van der Waals surface area contributed by atoms with Gasteiger partial charge in [0.15, 0.2) is 0 Å². The van der Waals surface area contributed by atoms with Crippen molar-refractivity contribution in [3.05, 3.63) is 40.6 Å². The lowest BCUT2D eigenvalue weighted by Gasteiger charge is -2.22. The number of anilines is 1. The molecular formula is C17H22N4O5. The number of para-hydroxylation sites is 1. The van der Waals surface area contributed by atoms with Crippen molar-refractivity contribution < 1.29 is 19.6 Å². The van der Waals surface area contributed by atoms with Crippen molar-refractivity contribution in [2.75, 3.05) is 18.5 Å². The van der Waals surface area contributed by atoms with Gasteiger partial charge in [-0.1, -0.05) is 18.2 Å². The third kappa shape index (κ3) is 5.03. The minimum atomic E-state index is -0.647. The Morgan fingerprint density at radius 2 is 2.08 bits per heavy atom. The van der Waals surface area contributed by atoms with Crippen LogP contribution in [0.15, 0.2) is 30.5 Å². The van der Waals surface area contributed by atoms with E-state index in [1.54, 1.807) is 45.0 Å². The number of nitrogens with one attached hydrogen (secondary N) is 2. The van der Waals surface area contributed by atoms with Crippen LogP contribution in [0, 0.1) is 10.1 Å². The minimum absolute atomic E-state index is 0.0270. The van der Waals surface area contributed by atoms with Crippen molar-refractivity contribution >= 4 is 28.4 Å². The summed E-state index contributed by atoms with van der Waals surface area (Å²) >= 11 is 0. The van der Waals surface area contributed by atoms with Gasteiger partial charge in [-0.3, -0.25) is 10.1 Å². The Balaban J connectivity index is 2.20. The second-order valence-corrected chi connectivity index (χ2v) is 6.70. The molecule has 0 bridgehead atoms. The molecule has 0 saturated heterocycles. The average molecular weight is 362 g/mol. The summed E-state index contributed by atoms with van der Waals surface area (Å²) in [5.41, 5.74) is -0.0331. The predicted molar refractivity (Wildman–Crippen MR) is 97.1 cm³/mol. The van der Waals surface area contributed by atoms with E-state index in [1.165, 1.54) is 6.20 Å². The van der Waals surface area contributed by atoms with Crippen LogP contribution in [0.1, 0.15) is 20.8 Å². The van der Waals surface area contributed by atoms with Gasteiger partial charge in [0, 0.05) is 11.9 Å². The minimum Gasteiger partial charge on any atom is -0.444 e. The SMILES string of the molecule is CC(C)(C)OC(=O)NC[C@@H](CO)Nc1c([N+](=O)[O-])cnc2ccccc12. The molecule has 3 N–H and O–H groups in total. The first-order valence-electron chi connectivity index (χ1n) is 8.07. The van der Waals surface area contributed by atoms with Gasteiger partial charge < -0.3 is 20.5 Å². The zero-order chi connectivity index (χ0) is 19.3. The van der Waals surface area contributed by atoms with Crippen LogP contribution in [0.4, 0.5) is 16.2 Å². The van der Waals surface area contributed by atoms with E-state index >= 15 is 0 Å². The number of fused-ring (bicyclic) bond motifs is 1. The number of hydrogen-bond acceptors (Lipinski definition) is 7. The Kier molecular flexibility index (Phi) is 5.93. The highest BCUT2D eigenvalue weighted by Gasteiger charge is 2.22. The van der Waals surface area contributed by atoms with E-state index in [2.05, 4.69) is 15.6 Å². The van der Waals surface area contributed by atoms with Crippen molar-refractivity contribution in [2.24, 2.45) is 0 Å². The smallest absolute Gasteiger partial charge is 0.407 e. The first kappa shape index (κ1) is 19.4. The molecule has 9 heteroatoms. The molecular weight excluding hydrogens is 340 g/mol. The summed E-state index contributed by atoms with van der Waals surface area (Å²) in [4.78, 5) is 26.6. The van der Waals surface area contributed by atoms with E-state index in [0.717, 1.165) is 0 Å². The van der Waals surface area contributed by atoms with Crippen molar-refractivity contribution in [3.8, 4) is 0 Å². The largest absolute Gasteiger partial charge is 0.444 e. The molecule has 140 valence electrons. The fourth-order valence-electron chi connectivity index (χ4n) is 2.31. The van der Waals surface area contributed by atoms with Gasteiger partial charge in [-0.15, -0.1) is 0 Å². The van der Waals surface area contributed by atoms with Crippen LogP contribution in [0.5, 0.6) is 0 Å².